The molecule has 290 valence electrons. The molecule has 0 saturated carbocycles. The van der Waals surface area contributed by atoms with Gasteiger partial charge in [0, 0.05) is 45.4 Å². The molecule has 2 aliphatic heterocycles. The number of aryl methyl sites for hydroxylation is 1. The molecular formula is C56H48BN3. The minimum atomic E-state index is 0.0304. The van der Waals surface area contributed by atoms with Gasteiger partial charge in [-0.1, -0.05) is 148 Å². The highest BCUT2D eigenvalue weighted by Crippen LogP contribution is 2.51. The van der Waals surface area contributed by atoms with E-state index >= 15 is 0 Å². The van der Waals surface area contributed by atoms with E-state index in [4.69, 9.17) is 0 Å². The predicted molar refractivity (Wildman–Crippen MR) is 256 cm³/mol. The first-order valence-electron chi connectivity index (χ1n) is 21.6. The van der Waals surface area contributed by atoms with E-state index < -0.39 is 0 Å². The number of fused-ring (bicyclic) bond motifs is 5. The van der Waals surface area contributed by atoms with Crippen LogP contribution >= 0.6 is 0 Å². The molecule has 8 aromatic carbocycles. The highest BCUT2D eigenvalue weighted by molar-refractivity contribution is 7.00. The number of rotatable bonds is 6. The van der Waals surface area contributed by atoms with Crippen molar-refractivity contribution in [1.29, 1.82) is 0 Å². The summed E-state index contributed by atoms with van der Waals surface area (Å²) < 4.78 is 0. The molecule has 0 bridgehead atoms. The highest BCUT2D eigenvalue weighted by Gasteiger charge is 2.44. The molecule has 0 unspecified atom stereocenters. The first kappa shape index (κ1) is 36.3. The van der Waals surface area contributed by atoms with Crippen molar-refractivity contribution in [3.8, 4) is 11.1 Å². The molecule has 0 saturated heterocycles. The molecule has 3 aliphatic rings. The minimum Gasteiger partial charge on any atom is -0.311 e. The van der Waals surface area contributed by atoms with Crippen LogP contribution in [0.2, 0.25) is 0 Å². The average molecular weight is 774 g/mol. The number of hydrogen-bond donors (Lipinski definition) is 0. The molecule has 0 N–H and O–H groups in total. The van der Waals surface area contributed by atoms with Crippen LogP contribution in [0, 0.1) is 0 Å². The zero-order valence-electron chi connectivity index (χ0n) is 34.6. The predicted octanol–water partition coefficient (Wildman–Crippen LogP) is 13.1. The Bertz CT molecular complexity index is 2750. The van der Waals surface area contributed by atoms with Crippen LogP contribution in [-0.4, -0.2) is 6.71 Å². The van der Waals surface area contributed by atoms with Gasteiger partial charge in [0.05, 0.1) is 11.4 Å². The van der Waals surface area contributed by atoms with Gasteiger partial charge in [-0.05, 0) is 130 Å². The van der Waals surface area contributed by atoms with Crippen LogP contribution in [0.5, 0.6) is 0 Å². The van der Waals surface area contributed by atoms with E-state index in [1.165, 1.54) is 85.5 Å². The van der Waals surface area contributed by atoms with Crippen LogP contribution in [0.4, 0.5) is 51.2 Å². The van der Waals surface area contributed by atoms with Crippen LogP contribution in [0.1, 0.15) is 50.3 Å². The van der Waals surface area contributed by atoms with Gasteiger partial charge >= 0.3 is 0 Å². The van der Waals surface area contributed by atoms with E-state index in [2.05, 4.69) is 224 Å². The van der Waals surface area contributed by atoms with Crippen molar-refractivity contribution in [3.05, 3.63) is 205 Å². The Kier molecular flexibility index (Phi) is 8.77. The second kappa shape index (κ2) is 14.5. The Balaban J connectivity index is 1.27. The molecule has 0 spiro atoms. The van der Waals surface area contributed by atoms with Crippen molar-refractivity contribution in [1.82, 2.24) is 0 Å². The van der Waals surface area contributed by atoms with Crippen molar-refractivity contribution < 1.29 is 0 Å². The van der Waals surface area contributed by atoms with Gasteiger partial charge in [-0.2, -0.15) is 0 Å². The van der Waals surface area contributed by atoms with Crippen molar-refractivity contribution in [3.63, 3.8) is 0 Å². The van der Waals surface area contributed by atoms with E-state index in [0.29, 0.717) is 0 Å². The van der Waals surface area contributed by atoms with Gasteiger partial charge in [-0.25, -0.2) is 0 Å². The van der Waals surface area contributed by atoms with Crippen LogP contribution in [0.25, 0.3) is 11.1 Å². The molecule has 2 heterocycles. The normalized spacial score (nSPS) is 13.9. The third-order valence-electron chi connectivity index (χ3n) is 13.0. The molecule has 0 amide bonds. The van der Waals surface area contributed by atoms with Crippen molar-refractivity contribution in [2.75, 3.05) is 14.7 Å². The second-order valence-electron chi connectivity index (χ2n) is 17.6. The van der Waals surface area contributed by atoms with E-state index in [9.17, 15) is 0 Å². The minimum absolute atomic E-state index is 0.0304. The number of nitrogens with zero attached hydrogens (tertiary/aromatic N) is 3. The summed E-state index contributed by atoms with van der Waals surface area (Å²) in [6.45, 7) is 6.97. The summed E-state index contributed by atoms with van der Waals surface area (Å²) in [6.07, 6.45) is 4.55. The molecule has 1 aliphatic carbocycles. The molecule has 0 fully saturated rings. The van der Waals surface area contributed by atoms with Gasteiger partial charge in [-0.15, -0.1) is 0 Å². The lowest BCUT2D eigenvalue weighted by atomic mass is 9.33. The topological polar surface area (TPSA) is 9.72 Å². The van der Waals surface area contributed by atoms with E-state index in [1.807, 2.05) is 0 Å². The summed E-state index contributed by atoms with van der Waals surface area (Å²) >= 11 is 0. The number of anilines is 9. The van der Waals surface area contributed by atoms with Crippen molar-refractivity contribution in [2.24, 2.45) is 0 Å². The lowest BCUT2D eigenvalue weighted by Gasteiger charge is -2.45. The standard InChI is InChI=1S/C56H48BN3/c1-56(2,3)41-32-34-44(35-33-41)58(55-46-26-14-13-21-40(46)31-36-47(55)39-19-7-4-8-20-39)45-37-52-54-53(38-45)60(43-24-11-6-12-25-43)51-30-18-16-28-49(51)57(54)48-27-15-17-29-50(48)59(52)42-22-9-5-10-23-42/h4-12,15-20,22-25,27-38H,13-14,21,26H2,1-3H3. The first-order chi connectivity index (χ1) is 29.4. The van der Waals surface area contributed by atoms with Gasteiger partial charge in [0.1, 0.15) is 0 Å². The average Bonchev–Trinajstić information content (AvgIpc) is 3.29. The van der Waals surface area contributed by atoms with E-state index in [-0.39, 0.29) is 12.1 Å². The Hall–Kier alpha value is -6.78. The molecule has 3 nitrogen and oxygen atoms in total. The van der Waals surface area contributed by atoms with Gasteiger partial charge < -0.3 is 14.7 Å². The van der Waals surface area contributed by atoms with Crippen LogP contribution in [0.15, 0.2) is 188 Å². The maximum atomic E-state index is 2.61. The lowest BCUT2D eigenvalue weighted by Crippen LogP contribution is -2.61. The summed E-state index contributed by atoms with van der Waals surface area (Å²) in [5.41, 5.74) is 21.5. The summed E-state index contributed by atoms with van der Waals surface area (Å²) in [7, 11) is 0. The fourth-order valence-corrected chi connectivity index (χ4v) is 10.2. The van der Waals surface area contributed by atoms with Crippen LogP contribution in [-0.2, 0) is 18.3 Å². The fourth-order valence-electron chi connectivity index (χ4n) is 10.2. The number of para-hydroxylation sites is 4. The monoisotopic (exact) mass is 773 g/mol. The second-order valence-corrected chi connectivity index (χ2v) is 17.6. The maximum absolute atomic E-state index is 2.61. The van der Waals surface area contributed by atoms with Crippen LogP contribution < -0.4 is 31.1 Å². The van der Waals surface area contributed by atoms with Gasteiger partial charge in [0.25, 0.3) is 6.71 Å². The summed E-state index contributed by atoms with van der Waals surface area (Å²) in [4.78, 5) is 7.65. The van der Waals surface area contributed by atoms with E-state index in [1.54, 1.807) is 0 Å². The number of hydrogen-bond acceptors (Lipinski definition) is 3. The Morgan fingerprint density at radius 1 is 0.483 bits per heavy atom. The van der Waals surface area contributed by atoms with Gasteiger partial charge in [0.15, 0.2) is 0 Å². The SMILES string of the molecule is CC(C)(C)c1ccc(N(c2cc3c4c(c2)N(c2ccccc2)c2ccccc2B4c2ccccc2N3c2ccccc2)c2c(-c3ccccc3)ccc3c2CCCC3)cc1. The molecule has 11 rings (SSSR count). The Morgan fingerprint density at radius 3 is 1.57 bits per heavy atom. The quantitative estimate of drug-likeness (QED) is 0.156. The zero-order valence-corrected chi connectivity index (χ0v) is 34.6. The molecule has 4 heteroatoms. The summed E-state index contributed by atoms with van der Waals surface area (Å²) in [5, 5.41) is 0. The molecule has 8 aromatic rings. The smallest absolute Gasteiger partial charge is 0.252 e. The zero-order chi connectivity index (χ0) is 40.4. The van der Waals surface area contributed by atoms with Gasteiger partial charge in [-0.3, -0.25) is 0 Å². The largest absolute Gasteiger partial charge is 0.311 e. The Morgan fingerprint density at radius 2 is 1.00 bits per heavy atom. The maximum Gasteiger partial charge on any atom is 0.252 e. The first-order valence-corrected chi connectivity index (χ1v) is 21.6. The third kappa shape index (κ3) is 5.96. The van der Waals surface area contributed by atoms with Gasteiger partial charge in [0.2, 0.25) is 0 Å². The summed E-state index contributed by atoms with van der Waals surface area (Å²) in [5.74, 6) is 0. The molecule has 60 heavy (non-hydrogen) atoms. The number of benzene rings is 8. The highest BCUT2D eigenvalue weighted by atomic mass is 15.2. The van der Waals surface area contributed by atoms with Crippen LogP contribution in [0.3, 0.4) is 0 Å². The van der Waals surface area contributed by atoms with Crippen molar-refractivity contribution >= 4 is 74.3 Å². The summed E-state index contributed by atoms with van der Waals surface area (Å²) in [6, 6.07) is 70.3. The Labute approximate surface area is 355 Å². The van der Waals surface area contributed by atoms with Crippen molar-refractivity contribution in [2.45, 2.75) is 51.9 Å². The van der Waals surface area contributed by atoms with E-state index in [0.717, 1.165) is 35.6 Å². The molecule has 0 aromatic heterocycles. The molecule has 0 atom stereocenters. The molecular weight excluding hydrogens is 725 g/mol. The fraction of sp³-hybridized carbons (Fsp3) is 0.143. The lowest BCUT2D eigenvalue weighted by molar-refractivity contribution is 0.590. The molecule has 0 radical (unpaired) electrons. The third-order valence-corrected chi connectivity index (χ3v) is 13.0.